The van der Waals surface area contributed by atoms with Crippen LogP contribution in [0.2, 0.25) is 0 Å². The van der Waals surface area contributed by atoms with E-state index in [-0.39, 0.29) is 30.0 Å². The largest absolute Gasteiger partial charge is 0.473 e. The molecule has 162 valence electrons. The first-order chi connectivity index (χ1) is 14.8. The van der Waals surface area contributed by atoms with Crippen LogP contribution in [0.1, 0.15) is 18.9 Å². The van der Waals surface area contributed by atoms with Gasteiger partial charge < -0.3 is 14.4 Å². The molecule has 1 atom stereocenters. The van der Waals surface area contributed by atoms with Gasteiger partial charge in [0.25, 0.3) is 0 Å². The molecule has 0 spiro atoms. The summed E-state index contributed by atoms with van der Waals surface area (Å²) in [5.41, 5.74) is 0.0872. The Bertz CT molecular complexity index is 1180. The van der Waals surface area contributed by atoms with Crippen LogP contribution in [-0.4, -0.2) is 22.6 Å². The molecule has 4 rings (SSSR count). The Hall–Kier alpha value is -3.49. The van der Waals surface area contributed by atoms with Crippen LogP contribution < -0.4 is 20.1 Å². The van der Waals surface area contributed by atoms with Gasteiger partial charge in [0.1, 0.15) is 18.2 Å². The van der Waals surface area contributed by atoms with Gasteiger partial charge in [-0.2, -0.15) is 4.98 Å². The molecule has 1 aliphatic rings. The van der Waals surface area contributed by atoms with E-state index in [0.717, 1.165) is 24.4 Å². The highest BCUT2D eigenvalue weighted by Gasteiger charge is 2.22. The Labute approximate surface area is 176 Å². The van der Waals surface area contributed by atoms with Gasteiger partial charge in [-0.3, -0.25) is 4.57 Å². The average Bonchev–Trinajstić information content (AvgIpc) is 2.74. The summed E-state index contributed by atoms with van der Waals surface area (Å²) in [4.78, 5) is 18.2. The van der Waals surface area contributed by atoms with Crippen molar-refractivity contribution in [1.82, 2.24) is 9.55 Å². The molecule has 1 aliphatic heterocycles. The number of ether oxygens (including phenoxy) is 2. The second-order valence-corrected chi connectivity index (χ2v) is 7.37. The van der Waals surface area contributed by atoms with Crippen LogP contribution in [0.25, 0.3) is 0 Å². The molecule has 0 N–H and O–H groups in total. The third kappa shape index (κ3) is 4.35. The molecule has 0 aliphatic carbocycles. The monoisotopic (exact) mass is 431 g/mol. The van der Waals surface area contributed by atoms with E-state index in [1.807, 2.05) is 11.9 Å². The fourth-order valence-electron chi connectivity index (χ4n) is 3.33. The Morgan fingerprint density at radius 3 is 2.61 bits per heavy atom. The van der Waals surface area contributed by atoms with E-state index in [1.165, 1.54) is 18.2 Å². The summed E-state index contributed by atoms with van der Waals surface area (Å²) in [5, 5.41) is 0. The number of hydrogen-bond acceptors (Lipinski definition) is 5. The van der Waals surface area contributed by atoms with Crippen molar-refractivity contribution in [3.05, 3.63) is 76.0 Å². The molecule has 0 saturated carbocycles. The van der Waals surface area contributed by atoms with Crippen molar-refractivity contribution in [2.45, 2.75) is 32.5 Å². The zero-order valence-electron chi connectivity index (χ0n) is 16.9. The Morgan fingerprint density at radius 2 is 1.87 bits per heavy atom. The van der Waals surface area contributed by atoms with Crippen molar-refractivity contribution in [3.8, 4) is 17.4 Å². The first-order valence-electron chi connectivity index (χ1n) is 9.70. The SMILES string of the molecule is CC1CCn2c(cc(OCc3ccc(Oc4ccc(F)c(F)c4)c(F)c3)nc2=O)N1C. The highest BCUT2D eigenvalue weighted by atomic mass is 19.2. The van der Waals surface area contributed by atoms with E-state index in [2.05, 4.69) is 11.9 Å². The fraction of sp³-hybridized carbons (Fsp3) is 0.273. The minimum atomic E-state index is -1.09. The van der Waals surface area contributed by atoms with Crippen LogP contribution in [-0.2, 0) is 13.2 Å². The van der Waals surface area contributed by atoms with E-state index < -0.39 is 23.1 Å². The lowest BCUT2D eigenvalue weighted by Crippen LogP contribution is -2.41. The predicted molar refractivity (Wildman–Crippen MR) is 108 cm³/mol. The second kappa shape index (κ2) is 8.33. The van der Waals surface area contributed by atoms with Crippen molar-refractivity contribution in [3.63, 3.8) is 0 Å². The molecule has 0 saturated heterocycles. The number of halogens is 3. The third-order valence-electron chi connectivity index (χ3n) is 5.26. The smallest absolute Gasteiger partial charge is 0.352 e. The predicted octanol–water partition coefficient (Wildman–Crippen LogP) is 4.26. The molecule has 1 aromatic heterocycles. The van der Waals surface area contributed by atoms with E-state index in [1.54, 1.807) is 16.7 Å². The molecule has 2 aromatic carbocycles. The average molecular weight is 431 g/mol. The van der Waals surface area contributed by atoms with Crippen LogP contribution in [0, 0.1) is 17.5 Å². The topological polar surface area (TPSA) is 56.6 Å². The van der Waals surface area contributed by atoms with Crippen LogP contribution in [0.3, 0.4) is 0 Å². The minimum Gasteiger partial charge on any atom is -0.473 e. The van der Waals surface area contributed by atoms with E-state index >= 15 is 0 Å². The number of aromatic nitrogens is 2. The number of anilines is 1. The molecule has 0 amide bonds. The maximum Gasteiger partial charge on any atom is 0.352 e. The normalized spacial score (nSPS) is 15.5. The lowest BCUT2D eigenvalue weighted by atomic mass is 10.1. The number of nitrogens with zero attached hydrogens (tertiary/aromatic N) is 3. The van der Waals surface area contributed by atoms with Crippen LogP contribution in [0.4, 0.5) is 19.0 Å². The molecule has 3 aromatic rings. The highest BCUT2D eigenvalue weighted by Crippen LogP contribution is 2.27. The summed E-state index contributed by atoms with van der Waals surface area (Å²) in [6.45, 7) is 2.65. The molecule has 31 heavy (non-hydrogen) atoms. The molecule has 9 heteroatoms. The van der Waals surface area contributed by atoms with Crippen LogP contribution in [0.5, 0.6) is 17.4 Å². The van der Waals surface area contributed by atoms with E-state index in [0.29, 0.717) is 12.1 Å². The van der Waals surface area contributed by atoms with Gasteiger partial charge in [0.2, 0.25) is 5.88 Å². The Kier molecular flexibility index (Phi) is 5.58. The zero-order chi connectivity index (χ0) is 22.1. The lowest BCUT2D eigenvalue weighted by Gasteiger charge is -2.34. The fourth-order valence-corrected chi connectivity index (χ4v) is 3.33. The summed E-state index contributed by atoms with van der Waals surface area (Å²) >= 11 is 0. The Morgan fingerprint density at radius 1 is 1.06 bits per heavy atom. The molecule has 1 unspecified atom stereocenters. The zero-order valence-corrected chi connectivity index (χ0v) is 16.9. The van der Waals surface area contributed by atoms with Gasteiger partial charge in [0, 0.05) is 31.8 Å². The molecule has 2 heterocycles. The van der Waals surface area contributed by atoms with Crippen LogP contribution >= 0.6 is 0 Å². The number of hydrogen-bond donors (Lipinski definition) is 0. The summed E-state index contributed by atoms with van der Waals surface area (Å²) in [6.07, 6.45) is 0.851. The molecular formula is C22H20F3N3O3. The van der Waals surface area contributed by atoms with Gasteiger partial charge in [0.15, 0.2) is 23.2 Å². The number of rotatable bonds is 5. The lowest BCUT2D eigenvalue weighted by molar-refractivity contribution is 0.289. The van der Waals surface area contributed by atoms with Gasteiger partial charge >= 0.3 is 5.69 Å². The maximum absolute atomic E-state index is 14.4. The number of fused-ring (bicyclic) bond motifs is 1. The van der Waals surface area contributed by atoms with Crippen molar-refractivity contribution < 1.29 is 22.6 Å². The highest BCUT2D eigenvalue weighted by molar-refractivity contribution is 5.44. The van der Waals surface area contributed by atoms with Crippen molar-refractivity contribution >= 4 is 5.82 Å². The van der Waals surface area contributed by atoms with Gasteiger partial charge in [-0.15, -0.1) is 0 Å². The summed E-state index contributed by atoms with van der Waals surface area (Å²) in [5.74, 6) is -2.10. The van der Waals surface area contributed by atoms with Gasteiger partial charge in [-0.05, 0) is 43.2 Å². The first kappa shape index (κ1) is 20.8. The van der Waals surface area contributed by atoms with Crippen molar-refractivity contribution in [1.29, 1.82) is 0 Å². The van der Waals surface area contributed by atoms with Gasteiger partial charge in [-0.25, -0.2) is 18.0 Å². The summed E-state index contributed by atoms with van der Waals surface area (Å²) in [6, 6.07) is 9.04. The van der Waals surface area contributed by atoms with Crippen LogP contribution in [0.15, 0.2) is 47.3 Å². The number of benzene rings is 2. The van der Waals surface area contributed by atoms with E-state index in [9.17, 15) is 18.0 Å². The summed E-state index contributed by atoms with van der Waals surface area (Å²) in [7, 11) is 1.90. The molecule has 6 nitrogen and oxygen atoms in total. The standard InChI is InChI=1S/C22H20F3N3O3/c1-13-7-8-28-21(27(13)2)11-20(26-22(28)29)30-12-14-3-6-19(18(25)9-14)31-15-4-5-16(23)17(24)10-15/h3-6,9-11,13H,7-8,12H2,1-2H3. The minimum absolute atomic E-state index is 0.0163. The van der Waals surface area contributed by atoms with Gasteiger partial charge in [-0.1, -0.05) is 6.07 Å². The molecule has 0 fully saturated rings. The van der Waals surface area contributed by atoms with Gasteiger partial charge in [0.05, 0.1) is 0 Å². The quantitative estimate of drug-likeness (QED) is 0.604. The van der Waals surface area contributed by atoms with E-state index in [4.69, 9.17) is 9.47 Å². The second-order valence-electron chi connectivity index (χ2n) is 7.37. The molecule has 0 bridgehead atoms. The first-order valence-corrected chi connectivity index (χ1v) is 9.70. The van der Waals surface area contributed by atoms with Crippen molar-refractivity contribution in [2.75, 3.05) is 11.9 Å². The van der Waals surface area contributed by atoms with Crippen molar-refractivity contribution in [2.24, 2.45) is 0 Å². The maximum atomic E-state index is 14.4. The molecular weight excluding hydrogens is 411 g/mol. The Balaban J connectivity index is 1.47. The summed E-state index contributed by atoms with van der Waals surface area (Å²) < 4.78 is 53.2. The third-order valence-corrected chi connectivity index (χ3v) is 5.26. The molecule has 0 radical (unpaired) electrons.